The van der Waals surface area contributed by atoms with Crippen molar-refractivity contribution in [3.8, 4) is 17.0 Å². The monoisotopic (exact) mass is 516 g/mol. The molecule has 194 valence electrons. The Labute approximate surface area is 209 Å². The van der Waals surface area contributed by atoms with Gasteiger partial charge in [0.1, 0.15) is 23.7 Å². The number of amides is 1. The Hall–Kier alpha value is -4.19. The number of carbonyl (C=O) groups excluding carboxylic acids is 1. The van der Waals surface area contributed by atoms with Gasteiger partial charge in [-0.05, 0) is 38.4 Å². The molecule has 0 aliphatic carbocycles. The van der Waals surface area contributed by atoms with Crippen LogP contribution in [0.2, 0.25) is 0 Å². The predicted molar refractivity (Wildman–Crippen MR) is 132 cm³/mol. The number of ether oxygens (including phenoxy) is 1. The van der Waals surface area contributed by atoms with Gasteiger partial charge in [-0.25, -0.2) is 14.4 Å². The second kappa shape index (κ2) is 10.4. The predicted octanol–water partition coefficient (Wildman–Crippen LogP) is 5.43. The van der Waals surface area contributed by atoms with E-state index in [2.05, 4.69) is 25.6 Å². The smallest absolute Gasteiger partial charge is 0.419 e. The van der Waals surface area contributed by atoms with Crippen molar-refractivity contribution in [2.75, 3.05) is 37.9 Å². The minimum absolute atomic E-state index is 0.0727. The molecule has 4 rings (SSSR count). The number of carbonyl (C=O) groups is 1. The van der Waals surface area contributed by atoms with E-state index in [1.54, 1.807) is 18.2 Å². The topological polar surface area (TPSA) is 95.2 Å². The van der Waals surface area contributed by atoms with Crippen LogP contribution in [0.25, 0.3) is 22.2 Å². The van der Waals surface area contributed by atoms with Crippen LogP contribution < -0.4 is 15.4 Å². The van der Waals surface area contributed by atoms with Crippen molar-refractivity contribution < 1.29 is 27.1 Å². The Morgan fingerprint density at radius 2 is 1.97 bits per heavy atom. The molecule has 0 bridgehead atoms. The third-order valence-corrected chi connectivity index (χ3v) is 5.36. The first-order valence-corrected chi connectivity index (χ1v) is 11.2. The molecule has 2 heterocycles. The molecule has 2 aromatic carbocycles. The highest BCUT2D eigenvalue weighted by atomic mass is 19.4. The fraction of sp³-hybridized carbons (Fsp3) is 0.240. The molecule has 0 fully saturated rings. The number of likely N-dealkylation sites (N-methyl/N-ethyl adjacent to an activating group) is 1. The number of hydrogen-bond donors (Lipinski definition) is 3. The van der Waals surface area contributed by atoms with Crippen molar-refractivity contribution in [1.29, 1.82) is 0 Å². The number of alkyl halides is 3. The molecule has 37 heavy (non-hydrogen) atoms. The summed E-state index contributed by atoms with van der Waals surface area (Å²) in [5, 5.41) is 5.80. The SMILES string of the molecule is CC(=O)Nc1cc(Nc2ncc(C(F)(F)F)c(-c3c[nH]c4c(F)cccc34)n2)ccc1OCCN(C)C. The molecule has 2 aromatic heterocycles. The Kier molecular flexibility index (Phi) is 7.30. The lowest BCUT2D eigenvalue weighted by Gasteiger charge is -2.16. The summed E-state index contributed by atoms with van der Waals surface area (Å²) in [6, 6.07) is 8.94. The number of halogens is 4. The molecule has 12 heteroatoms. The van der Waals surface area contributed by atoms with Crippen LogP contribution in [0.15, 0.2) is 48.8 Å². The van der Waals surface area contributed by atoms with Crippen LogP contribution in [-0.2, 0) is 11.0 Å². The summed E-state index contributed by atoms with van der Waals surface area (Å²) < 4.78 is 61.3. The molecule has 0 saturated carbocycles. The minimum atomic E-state index is -4.74. The van der Waals surface area contributed by atoms with E-state index in [9.17, 15) is 22.4 Å². The second-order valence-corrected chi connectivity index (χ2v) is 8.49. The van der Waals surface area contributed by atoms with Crippen LogP contribution >= 0.6 is 0 Å². The fourth-order valence-corrected chi connectivity index (χ4v) is 3.66. The Morgan fingerprint density at radius 3 is 2.68 bits per heavy atom. The largest absolute Gasteiger partial charge is 0.490 e. The molecule has 0 spiro atoms. The molecular weight excluding hydrogens is 492 g/mol. The van der Waals surface area contributed by atoms with Crippen molar-refractivity contribution in [2.45, 2.75) is 13.1 Å². The molecule has 4 aromatic rings. The van der Waals surface area contributed by atoms with Gasteiger partial charge in [0.15, 0.2) is 0 Å². The fourth-order valence-electron chi connectivity index (χ4n) is 3.66. The number of hydrogen-bond acceptors (Lipinski definition) is 6. The molecule has 3 N–H and O–H groups in total. The molecule has 0 aliphatic heterocycles. The number of aromatic nitrogens is 3. The maximum atomic E-state index is 14.2. The molecule has 0 radical (unpaired) electrons. The Bertz CT molecular complexity index is 1430. The lowest BCUT2D eigenvalue weighted by molar-refractivity contribution is -0.137. The van der Waals surface area contributed by atoms with E-state index in [0.717, 1.165) is 0 Å². The van der Waals surface area contributed by atoms with Crippen LogP contribution in [0.1, 0.15) is 12.5 Å². The van der Waals surface area contributed by atoms with Gasteiger partial charge < -0.3 is 25.3 Å². The second-order valence-electron chi connectivity index (χ2n) is 8.49. The molecule has 8 nitrogen and oxygen atoms in total. The highest BCUT2D eigenvalue weighted by Crippen LogP contribution is 2.39. The van der Waals surface area contributed by atoms with E-state index in [1.165, 1.54) is 31.3 Å². The number of para-hydroxylation sites is 1. The third kappa shape index (κ3) is 5.97. The van der Waals surface area contributed by atoms with E-state index in [-0.39, 0.29) is 28.3 Å². The van der Waals surface area contributed by atoms with Gasteiger partial charge in [-0.1, -0.05) is 12.1 Å². The number of fused-ring (bicyclic) bond motifs is 1. The first-order chi connectivity index (χ1) is 17.5. The molecule has 0 unspecified atom stereocenters. The van der Waals surface area contributed by atoms with Gasteiger partial charge in [0.05, 0.1) is 16.9 Å². The van der Waals surface area contributed by atoms with Gasteiger partial charge in [-0.15, -0.1) is 0 Å². The summed E-state index contributed by atoms with van der Waals surface area (Å²) in [5.74, 6) is -0.612. The third-order valence-electron chi connectivity index (χ3n) is 5.36. The summed E-state index contributed by atoms with van der Waals surface area (Å²) in [5.41, 5.74) is -0.548. The normalized spacial score (nSPS) is 11.7. The lowest BCUT2D eigenvalue weighted by atomic mass is 10.1. The number of rotatable bonds is 8. The van der Waals surface area contributed by atoms with Gasteiger partial charge in [0, 0.05) is 42.5 Å². The summed E-state index contributed by atoms with van der Waals surface area (Å²) in [7, 11) is 3.80. The van der Waals surface area contributed by atoms with Crippen molar-refractivity contribution in [3.63, 3.8) is 0 Å². The zero-order valence-electron chi connectivity index (χ0n) is 20.2. The minimum Gasteiger partial charge on any atom is -0.490 e. The van der Waals surface area contributed by atoms with Crippen LogP contribution in [0.5, 0.6) is 5.75 Å². The number of nitrogens with one attached hydrogen (secondary N) is 3. The van der Waals surface area contributed by atoms with Gasteiger partial charge in [0.2, 0.25) is 11.9 Å². The van der Waals surface area contributed by atoms with E-state index in [1.807, 2.05) is 19.0 Å². The first-order valence-electron chi connectivity index (χ1n) is 11.2. The van der Waals surface area contributed by atoms with Crippen LogP contribution in [0.3, 0.4) is 0 Å². The molecule has 0 atom stereocenters. The van der Waals surface area contributed by atoms with Crippen molar-refractivity contribution >= 4 is 34.1 Å². The van der Waals surface area contributed by atoms with Crippen LogP contribution in [0, 0.1) is 5.82 Å². The molecule has 0 saturated heterocycles. The Morgan fingerprint density at radius 1 is 1.19 bits per heavy atom. The van der Waals surface area contributed by atoms with Crippen molar-refractivity contribution in [2.24, 2.45) is 0 Å². The number of aromatic amines is 1. The highest BCUT2D eigenvalue weighted by molar-refractivity contribution is 5.96. The quantitative estimate of drug-likeness (QED) is 0.271. The maximum absolute atomic E-state index is 14.2. The summed E-state index contributed by atoms with van der Waals surface area (Å²) in [4.78, 5) is 24.3. The van der Waals surface area contributed by atoms with Gasteiger partial charge in [0.25, 0.3) is 0 Å². The van der Waals surface area contributed by atoms with E-state index in [0.29, 0.717) is 36.5 Å². The molecule has 1 amide bonds. The summed E-state index contributed by atoms with van der Waals surface area (Å²) in [6.07, 6.45) is -2.78. The summed E-state index contributed by atoms with van der Waals surface area (Å²) in [6.45, 7) is 2.38. The average Bonchev–Trinajstić information content (AvgIpc) is 3.24. The van der Waals surface area contributed by atoms with Crippen LogP contribution in [-0.4, -0.2) is 53.0 Å². The van der Waals surface area contributed by atoms with Crippen molar-refractivity contribution in [1.82, 2.24) is 19.9 Å². The number of nitrogens with zero attached hydrogens (tertiary/aromatic N) is 3. The number of anilines is 3. The van der Waals surface area contributed by atoms with E-state index in [4.69, 9.17) is 4.74 Å². The molecular formula is C25H24F4N6O2. The van der Waals surface area contributed by atoms with Gasteiger partial charge >= 0.3 is 6.18 Å². The number of benzene rings is 2. The Balaban J connectivity index is 1.70. The van der Waals surface area contributed by atoms with Gasteiger partial charge in [-0.3, -0.25) is 4.79 Å². The van der Waals surface area contributed by atoms with Crippen molar-refractivity contribution in [3.05, 3.63) is 60.2 Å². The zero-order chi connectivity index (χ0) is 26.7. The lowest BCUT2D eigenvalue weighted by Crippen LogP contribution is -2.20. The molecule has 0 aliphatic rings. The standard InChI is InChI=1S/C25H24F4N6O2/c1-14(36)32-20-11-15(7-8-21(20)37-10-9-35(2)3)33-24-31-13-18(25(27,28)29)22(34-24)17-12-30-23-16(17)5-4-6-19(23)26/h4-8,11-13,30H,9-10H2,1-3H3,(H,32,36)(H,31,33,34). The zero-order valence-corrected chi connectivity index (χ0v) is 20.2. The summed E-state index contributed by atoms with van der Waals surface area (Å²) >= 11 is 0. The van der Waals surface area contributed by atoms with Crippen LogP contribution in [0.4, 0.5) is 34.9 Å². The average molecular weight is 516 g/mol. The van der Waals surface area contributed by atoms with E-state index >= 15 is 0 Å². The number of H-pyrrole nitrogens is 1. The van der Waals surface area contributed by atoms with Gasteiger partial charge in [-0.2, -0.15) is 13.2 Å². The van der Waals surface area contributed by atoms with E-state index < -0.39 is 23.3 Å². The first kappa shape index (κ1) is 25.9. The maximum Gasteiger partial charge on any atom is 0.419 e. The highest BCUT2D eigenvalue weighted by Gasteiger charge is 2.36.